The summed E-state index contributed by atoms with van der Waals surface area (Å²) in [5.41, 5.74) is 1.24. The highest BCUT2D eigenvalue weighted by Gasteiger charge is 2.47. The Bertz CT molecular complexity index is 991. The molecule has 196 valence electrons. The van der Waals surface area contributed by atoms with Gasteiger partial charge in [0.05, 0.1) is 5.92 Å². The zero-order valence-corrected chi connectivity index (χ0v) is 23.0. The first kappa shape index (κ1) is 27.9. The van der Waals surface area contributed by atoms with Gasteiger partial charge in [-0.05, 0) is 78.4 Å². The minimum Gasteiger partial charge on any atom is -0.460 e. The first-order valence-electron chi connectivity index (χ1n) is 13.1. The number of hydrogen-bond acceptors (Lipinski definition) is 5. The molecular weight excluding hydrogens is 450 g/mol. The number of rotatable bonds is 8. The van der Waals surface area contributed by atoms with Crippen molar-refractivity contribution in [2.24, 2.45) is 11.8 Å². The Hall–Kier alpha value is -2.66. The zero-order chi connectivity index (χ0) is 26.5. The molecule has 0 unspecified atom stereocenters. The number of carbonyl (C=O) groups excluding carboxylic acids is 2. The summed E-state index contributed by atoms with van der Waals surface area (Å²) < 4.78 is 11.6. The van der Waals surface area contributed by atoms with Crippen LogP contribution in [0.5, 0.6) is 0 Å². The maximum atomic E-state index is 13.7. The number of hydrogen-bond donors (Lipinski definition) is 0. The standard InChI is InChI=1S/C31H43NO4/c1-22(24-16-12-9-13-17-24)32(21-23-14-10-8-11-15-23)26-19-18-25(20-27(33)35-30(2,3)4)28(26)29(34)36-31(5,6)7/h8-17,22,25-26,28H,18-21H2,1-7H3/t22-,25+,26-,28+/m0/s1. The number of ether oxygens (including phenoxy) is 2. The smallest absolute Gasteiger partial charge is 0.311 e. The van der Waals surface area contributed by atoms with Gasteiger partial charge >= 0.3 is 11.9 Å². The first-order valence-corrected chi connectivity index (χ1v) is 13.1. The Morgan fingerprint density at radius 3 is 1.97 bits per heavy atom. The SMILES string of the molecule is C[C@@H](c1ccccc1)N(Cc1ccccc1)[C@H]1CC[C@H](CC(=O)OC(C)(C)C)[C@H]1C(=O)OC(C)(C)C. The molecule has 5 heteroatoms. The van der Waals surface area contributed by atoms with E-state index in [1.54, 1.807) is 0 Å². The van der Waals surface area contributed by atoms with E-state index in [2.05, 4.69) is 48.2 Å². The molecular formula is C31H43NO4. The Morgan fingerprint density at radius 2 is 1.42 bits per heavy atom. The van der Waals surface area contributed by atoms with Crippen LogP contribution < -0.4 is 0 Å². The van der Waals surface area contributed by atoms with E-state index in [1.807, 2.05) is 65.8 Å². The van der Waals surface area contributed by atoms with Gasteiger partial charge in [0.1, 0.15) is 11.2 Å². The molecule has 1 saturated carbocycles. The highest BCUT2D eigenvalue weighted by molar-refractivity contribution is 5.77. The number of nitrogens with zero attached hydrogens (tertiary/aromatic N) is 1. The minimum absolute atomic E-state index is 0.0531. The van der Waals surface area contributed by atoms with Crippen LogP contribution in [-0.2, 0) is 25.6 Å². The molecule has 1 fully saturated rings. The fourth-order valence-electron chi connectivity index (χ4n) is 5.23. The van der Waals surface area contributed by atoms with Gasteiger partial charge in [0.25, 0.3) is 0 Å². The van der Waals surface area contributed by atoms with Crippen LogP contribution in [0.25, 0.3) is 0 Å². The van der Waals surface area contributed by atoms with E-state index in [0.29, 0.717) is 6.54 Å². The number of esters is 2. The van der Waals surface area contributed by atoms with Crippen molar-refractivity contribution in [3.63, 3.8) is 0 Å². The van der Waals surface area contributed by atoms with Crippen LogP contribution in [0, 0.1) is 11.8 Å². The van der Waals surface area contributed by atoms with E-state index < -0.39 is 17.1 Å². The normalized spacial score (nSPS) is 21.3. The molecule has 0 aliphatic heterocycles. The van der Waals surface area contributed by atoms with Crippen molar-refractivity contribution in [3.8, 4) is 0 Å². The lowest BCUT2D eigenvalue weighted by molar-refractivity contribution is -0.165. The lowest BCUT2D eigenvalue weighted by Gasteiger charge is -2.39. The summed E-state index contributed by atoms with van der Waals surface area (Å²) in [6, 6.07) is 20.8. The van der Waals surface area contributed by atoms with E-state index >= 15 is 0 Å². The molecule has 0 N–H and O–H groups in total. The molecule has 0 bridgehead atoms. The molecule has 0 saturated heterocycles. The van der Waals surface area contributed by atoms with Gasteiger partial charge in [-0.15, -0.1) is 0 Å². The zero-order valence-electron chi connectivity index (χ0n) is 23.0. The Balaban J connectivity index is 1.96. The molecule has 2 aromatic rings. The molecule has 2 aromatic carbocycles. The third-order valence-corrected chi connectivity index (χ3v) is 6.70. The van der Waals surface area contributed by atoms with Crippen molar-refractivity contribution in [1.82, 2.24) is 4.90 Å². The van der Waals surface area contributed by atoms with Crippen LogP contribution in [0.2, 0.25) is 0 Å². The van der Waals surface area contributed by atoms with Gasteiger partial charge in [-0.3, -0.25) is 14.5 Å². The van der Waals surface area contributed by atoms with Crippen LogP contribution in [0.3, 0.4) is 0 Å². The van der Waals surface area contributed by atoms with E-state index in [4.69, 9.17) is 9.47 Å². The van der Waals surface area contributed by atoms with Crippen molar-refractivity contribution in [3.05, 3.63) is 71.8 Å². The number of carbonyl (C=O) groups is 2. The van der Waals surface area contributed by atoms with E-state index in [0.717, 1.165) is 12.8 Å². The van der Waals surface area contributed by atoms with Gasteiger partial charge in [0.2, 0.25) is 0 Å². The highest BCUT2D eigenvalue weighted by Crippen LogP contribution is 2.42. The molecule has 4 atom stereocenters. The third kappa shape index (κ3) is 7.92. The summed E-state index contributed by atoms with van der Waals surface area (Å²) in [6.45, 7) is 14.2. The second-order valence-corrected chi connectivity index (χ2v) is 12.0. The summed E-state index contributed by atoms with van der Waals surface area (Å²) in [5.74, 6) is -1.02. The van der Waals surface area contributed by atoms with E-state index in [-0.39, 0.29) is 36.4 Å². The number of benzene rings is 2. The molecule has 0 spiro atoms. The van der Waals surface area contributed by atoms with Crippen molar-refractivity contribution in [2.45, 2.75) is 97.6 Å². The molecule has 0 radical (unpaired) electrons. The van der Waals surface area contributed by atoms with Gasteiger partial charge in [-0.25, -0.2) is 0 Å². The monoisotopic (exact) mass is 493 g/mol. The lowest BCUT2D eigenvalue weighted by atomic mass is 9.88. The summed E-state index contributed by atoms with van der Waals surface area (Å²) in [7, 11) is 0. The predicted octanol–water partition coefficient (Wildman–Crippen LogP) is 6.72. The molecule has 5 nitrogen and oxygen atoms in total. The van der Waals surface area contributed by atoms with Crippen LogP contribution >= 0.6 is 0 Å². The molecule has 3 rings (SSSR count). The maximum Gasteiger partial charge on any atom is 0.311 e. The topological polar surface area (TPSA) is 55.8 Å². The van der Waals surface area contributed by atoms with Gasteiger partial charge in [-0.2, -0.15) is 0 Å². The van der Waals surface area contributed by atoms with Crippen molar-refractivity contribution in [2.75, 3.05) is 0 Å². The molecule has 0 amide bonds. The molecule has 0 heterocycles. The summed E-state index contributed by atoms with van der Waals surface area (Å²) >= 11 is 0. The van der Waals surface area contributed by atoms with Gasteiger partial charge in [0, 0.05) is 25.0 Å². The second kappa shape index (κ2) is 11.6. The average Bonchev–Trinajstić information content (AvgIpc) is 3.19. The van der Waals surface area contributed by atoms with Crippen molar-refractivity contribution >= 4 is 11.9 Å². The molecule has 1 aliphatic rings. The summed E-state index contributed by atoms with van der Waals surface area (Å²) in [6.07, 6.45) is 1.82. The van der Waals surface area contributed by atoms with Gasteiger partial charge in [-0.1, -0.05) is 60.7 Å². The predicted molar refractivity (Wildman–Crippen MR) is 143 cm³/mol. The summed E-state index contributed by atoms with van der Waals surface area (Å²) in [4.78, 5) is 28.9. The van der Waals surface area contributed by atoms with Crippen LogP contribution in [-0.4, -0.2) is 34.1 Å². The largest absolute Gasteiger partial charge is 0.460 e. The van der Waals surface area contributed by atoms with Crippen molar-refractivity contribution in [1.29, 1.82) is 0 Å². The van der Waals surface area contributed by atoms with Crippen LogP contribution in [0.1, 0.15) is 84.9 Å². The molecule has 36 heavy (non-hydrogen) atoms. The van der Waals surface area contributed by atoms with Gasteiger partial charge < -0.3 is 9.47 Å². The molecule has 1 aliphatic carbocycles. The van der Waals surface area contributed by atoms with E-state index in [1.165, 1.54) is 11.1 Å². The molecule has 0 aromatic heterocycles. The first-order chi connectivity index (χ1) is 16.8. The quantitative estimate of drug-likeness (QED) is 0.382. The Kier molecular flexibility index (Phi) is 8.99. The van der Waals surface area contributed by atoms with Crippen LogP contribution in [0.4, 0.5) is 0 Å². The summed E-state index contributed by atoms with van der Waals surface area (Å²) in [5, 5.41) is 0. The second-order valence-electron chi connectivity index (χ2n) is 12.0. The fraction of sp³-hybridized carbons (Fsp3) is 0.548. The minimum atomic E-state index is -0.601. The lowest BCUT2D eigenvalue weighted by Crippen LogP contribution is -2.45. The van der Waals surface area contributed by atoms with Crippen LogP contribution in [0.15, 0.2) is 60.7 Å². The Morgan fingerprint density at radius 1 is 0.861 bits per heavy atom. The third-order valence-electron chi connectivity index (χ3n) is 6.70. The van der Waals surface area contributed by atoms with Crippen molar-refractivity contribution < 1.29 is 19.1 Å². The van der Waals surface area contributed by atoms with Gasteiger partial charge in [0.15, 0.2) is 0 Å². The fourth-order valence-corrected chi connectivity index (χ4v) is 5.23. The highest BCUT2D eigenvalue weighted by atomic mass is 16.6. The maximum absolute atomic E-state index is 13.7. The average molecular weight is 494 g/mol. The van der Waals surface area contributed by atoms with E-state index in [9.17, 15) is 9.59 Å². The Labute approximate surface area is 217 Å².